The molecule has 2 aromatic rings. The van der Waals surface area contributed by atoms with Crippen LogP contribution in [0.2, 0.25) is 0 Å². The number of nitrogens with one attached hydrogen (secondary N) is 1. The molecular weight excluding hydrogens is 322 g/mol. The van der Waals surface area contributed by atoms with E-state index in [4.69, 9.17) is 0 Å². The zero-order chi connectivity index (χ0) is 17.7. The largest absolute Gasteiger partial charge is 0.345 e. The van der Waals surface area contributed by atoms with Crippen molar-refractivity contribution in [1.29, 1.82) is 0 Å². The maximum Gasteiger partial charge on any atom is 0.251 e. The molecule has 0 aliphatic rings. The molecule has 0 aliphatic heterocycles. The summed E-state index contributed by atoms with van der Waals surface area (Å²) in [5, 5.41) is 3.05. The minimum Gasteiger partial charge on any atom is -0.345 e. The molecule has 0 saturated carbocycles. The van der Waals surface area contributed by atoms with Gasteiger partial charge in [-0.1, -0.05) is 56.3 Å². The van der Waals surface area contributed by atoms with Crippen LogP contribution in [0.3, 0.4) is 0 Å². The van der Waals surface area contributed by atoms with Crippen LogP contribution in [0.4, 0.5) is 0 Å². The molecule has 1 atom stereocenters. The predicted molar refractivity (Wildman–Crippen MR) is 96.5 cm³/mol. The van der Waals surface area contributed by atoms with Gasteiger partial charge in [-0.25, -0.2) is 8.42 Å². The van der Waals surface area contributed by atoms with E-state index in [0.29, 0.717) is 11.1 Å². The van der Waals surface area contributed by atoms with Crippen LogP contribution in [0.15, 0.2) is 54.6 Å². The first-order valence-corrected chi connectivity index (χ1v) is 9.95. The van der Waals surface area contributed by atoms with E-state index in [9.17, 15) is 13.2 Å². The van der Waals surface area contributed by atoms with Crippen molar-refractivity contribution >= 4 is 15.7 Å². The Bertz CT molecular complexity index is 798. The Hall–Kier alpha value is -2.14. The Balaban J connectivity index is 2.20. The molecule has 0 fully saturated rings. The van der Waals surface area contributed by atoms with Crippen molar-refractivity contribution in [2.45, 2.75) is 25.6 Å². The molecule has 0 saturated heterocycles. The fraction of sp³-hybridized carbons (Fsp3) is 0.316. The van der Waals surface area contributed by atoms with Crippen LogP contribution in [0, 0.1) is 5.92 Å². The molecule has 0 radical (unpaired) electrons. The molecule has 0 spiro atoms. The van der Waals surface area contributed by atoms with E-state index in [1.807, 2.05) is 30.3 Å². The number of carbonyl (C=O) groups excluding carboxylic acids is 1. The number of amides is 1. The maximum absolute atomic E-state index is 12.6. The van der Waals surface area contributed by atoms with Crippen LogP contribution in [0.5, 0.6) is 0 Å². The third-order valence-electron chi connectivity index (χ3n) is 3.73. The van der Waals surface area contributed by atoms with Crippen molar-refractivity contribution in [3.8, 4) is 0 Å². The van der Waals surface area contributed by atoms with E-state index in [1.54, 1.807) is 24.3 Å². The highest BCUT2D eigenvalue weighted by Gasteiger charge is 2.19. The summed E-state index contributed by atoms with van der Waals surface area (Å²) in [6, 6.07) is 16.5. The topological polar surface area (TPSA) is 63.2 Å². The van der Waals surface area contributed by atoms with Crippen molar-refractivity contribution < 1.29 is 13.2 Å². The molecule has 1 unspecified atom stereocenters. The number of sulfone groups is 1. The van der Waals surface area contributed by atoms with Gasteiger partial charge < -0.3 is 5.32 Å². The maximum atomic E-state index is 12.6. The Kier molecular flexibility index (Phi) is 5.78. The molecule has 2 rings (SSSR count). The molecule has 0 heterocycles. The molecule has 0 bridgehead atoms. The van der Waals surface area contributed by atoms with E-state index < -0.39 is 9.84 Å². The van der Waals surface area contributed by atoms with Gasteiger partial charge >= 0.3 is 0 Å². The lowest BCUT2D eigenvalue weighted by Gasteiger charge is -2.23. The van der Waals surface area contributed by atoms with Crippen molar-refractivity contribution in [3.63, 3.8) is 0 Å². The van der Waals surface area contributed by atoms with Gasteiger partial charge in [-0.3, -0.25) is 4.79 Å². The smallest absolute Gasteiger partial charge is 0.251 e. The summed E-state index contributed by atoms with van der Waals surface area (Å²) in [6.45, 7) is 4.11. The lowest BCUT2D eigenvalue weighted by atomic mass is 9.95. The summed E-state index contributed by atoms with van der Waals surface area (Å²) in [4.78, 5) is 12.6. The Morgan fingerprint density at radius 1 is 1.04 bits per heavy atom. The quantitative estimate of drug-likeness (QED) is 0.873. The highest BCUT2D eigenvalue weighted by atomic mass is 32.2. The van der Waals surface area contributed by atoms with Gasteiger partial charge in [-0.15, -0.1) is 0 Å². The summed E-state index contributed by atoms with van der Waals surface area (Å²) < 4.78 is 22.9. The molecule has 4 nitrogen and oxygen atoms in total. The molecular formula is C19H23NO3S. The summed E-state index contributed by atoms with van der Waals surface area (Å²) in [7, 11) is -3.13. The first-order chi connectivity index (χ1) is 11.3. The van der Waals surface area contributed by atoms with Gasteiger partial charge in [-0.05, 0) is 29.2 Å². The van der Waals surface area contributed by atoms with Gasteiger partial charge in [-0.2, -0.15) is 0 Å². The lowest BCUT2D eigenvalue weighted by Crippen LogP contribution is -2.31. The van der Waals surface area contributed by atoms with Gasteiger partial charge in [0.15, 0.2) is 9.84 Å². The van der Waals surface area contributed by atoms with Crippen LogP contribution < -0.4 is 5.32 Å². The molecule has 2 aromatic carbocycles. The van der Waals surface area contributed by atoms with Crippen LogP contribution in [-0.4, -0.2) is 20.6 Å². The molecule has 0 aliphatic carbocycles. The Morgan fingerprint density at radius 2 is 1.71 bits per heavy atom. The lowest BCUT2D eigenvalue weighted by molar-refractivity contribution is 0.0925. The molecule has 128 valence electrons. The Morgan fingerprint density at radius 3 is 2.29 bits per heavy atom. The first-order valence-electron chi connectivity index (χ1n) is 7.89. The van der Waals surface area contributed by atoms with Crippen molar-refractivity contribution in [3.05, 3.63) is 71.3 Å². The number of hydrogen-bond acceptors (Lipinski definition) is 3. The molecule has 0 aromatic heterocycles. The summed E-state index contributed by atoms with van der Waals surface area (Å²) in [6.07, 6.45) is 1.18. The van der Waals surface area contributed by atoms with Gasteiger partial charge in [0.1, 0.15) is 0 Å². The van der Waals surface area contributed by atoms with Crippen LogP contribution in [0.25, 0.3) is 0 Å². The number of benzene rings is 2. The van der Waals surface area contributed by atoms with Crippen LogP contribution in [0.1, 0.15) is 41.4 Å². The third kappa shape index (κ3) is 5.20. The van der Waals surface area contributed by atoms with Crippen molar-refractivity contribution in [2.24, 2.45) is 5.92 Å². The second-order valence-electron chi connectivity index (χ2n) is 6.38. The summed E-state index contributed by atoms with van der Waals surface area (Å²) in [5.41, 5.74) is 2.14. The Labute approximate surface area is 143 Å². The minimum atomic E-state index is -3.13. The van der Waals surface area contributed by atoms with Crippen LogP contribution in [-0.2, 0) is 15.6 Å². The average molecular weight is 345 g/mol. The van der Waals surface area contributed by atoms with E-state index in [0.717, 1.165) is 5.56 Å². The number of carbonyl (C=O) groups is 1. The molecule has 1 N–H and O–H groups in total. The highest BCUT2D eigenvalue weighted by molar-refractivity contribution is 7.89. The predicted octanol–water partition coefficient (Wildman–Crippen LogP) is 3.36. The van der Waals surface area contributed by atoms with Crippen molar-refractivity contribution in [1.82, 2.24) is 5.32 Å². The van der Waals surface area contributed by atoms with Gasteiger partial charge in [0.05, 0.1) is 11.8 Å². The SMILES string of the molecule is CC(C)C(NC(=O)c1cccc(CS(C)(=O)=O)c1)c1ccccc1. The molecule has 1 amide bonds. The van der Waals surface area contributed by atoms with E-state index in [-0.39, 0.29) is 23.6 Å². The van der Waals surface area contributed by atoms with Crippen molar-refractivity contribution in [2.75, 3.05) is 6.26 Å². The van der Waals surface area contributed by atoms with Gasteiger partial charge in [0, 0.05) is 11.8 Å². The van der Waals surface area contributed by atoms with Gasteiger partial charge in [0.2, 0.25) is 0 Å². The second kappa shape index (κ2) is 7.62. The molecule has 5 heteroatoms. The second-order valence-corrected chi connectivity index (χ2v) is 8.52. The zero-order valence-corrected chi connectivity index (χ0v) is 15.0. The monoisotopic (exact) mass is 345 g/mol. The van der Waals surface area contributed by atoms with Gasteiger partial charge in [0.25, 0.3) is 5.91 Å². The molecule has 24 heavy (non-hydrogen) atoms. The minimum absolute atomic E-state index is 0.0690. The number of hydrogen-bond donors (Lipinski definition) is 1. The fourth-order valence-corrected chi connectivity index (χ4v) is 3.41. The van der Waals surface area contributed by atoms with E-state index in [1.165, 1.54) is 6.26 Å². The first kappa shape index (κ1) is 18.2. The average Bonchev–Trinajstić information content (AvgIpc) is 2.51. The zero-order valence-electron chi connectivity index (χ0n) is 14.2. The fourth-order valence-electron chi connectivity index (χ4n) is 2.62. The van der Waals surface area contributed by atoms with E-state index >= 15 is 0 Å². The standard InChI is InChI=1S/C19H23NO3S/c1-14(2)18(16-9-5-4-6-10-16)20-19(21)17-11-7-8-15(12-17)13-24(3,22)23/h4-12,14,18H,13H2,1-3H3,(H,20,21). The third-order valence-corrected chi connectivity index (χ3v) is 4.59. The van der Waals surface area contributed by atoms with E-state index in [2.05, 4.69) is 19.2 Å². The summed E-state index contributed by atoms with van der Waals surface area (Å²) >= 11 is 0. The number of rotatable bonds is 6. The van der Waals surface area contributed by atoms with Crippen LogP contribution >= 0.6 is 0 Å². The normalized spacial score (nSPS) is 12.8. The highest BCUT2D eigenvalue weighted by Crippen LogP contribution is 2.22. The summed E-state index contributed by atoms with van der Waals surface area (Å²) in [5.74, 6) is -0.0381.